The maximum Gasteiger partial charge on any atom is 0.410 e. The number of nitrogens with zero attached hydrogens (tertiary/aromatic N) is 2. The van der Waals surface area contributed by atoms with Gasteiger partial charge in [0.2, 0.25) is 0 Å². The molecule has 21 heavy (non-hydrogen) atoms. The third-order valence-electron chi connectivity index (χ3n) is 4.14. The second-order valence-electron chi connectivity index (χ2n) is 5.94. The van der Waals surface area contributed by atoms with E-state index in [1.54, 1.807) is 23.3 Å². The molecule has 1 spiro atoms. The van der Waals surface area contributed by atoms with E-state index in [2.05, 4.69) is 6.92 Å². The number of carbonyl (C=O) groups excluding carboxylic acids is 2. The van der Waals surface area contributed by atoms with Crippen LogP contribution in [-0.2, 0) is 11.2 Å². The van der Waals surface area contributed by atoms with Crippen LogP contribution in [0.5, 0.6) is 0 Å². The summed E-state index contributed by atoms with van der Waals surface area (Å²) in [5.41, 5.74) is 0.266. The molecule has 0 radical (unpaired) electrons. The monoisotopic (exact) mass is 308 g/mol. The van der Waals surface area contributed by atoms with Crippen LogP contribution in [0, 0.1) is 0 Å². The van der Waals surface area contributed by atoms with Gasteiger partial charge in [0.05, 0.1) is 18.7 Å². The predicted molar refractivity (Wildman–Crippen MR) is 80.7 cm³/mol. The highest BCUT2D eigenvalue weighted by Crippen LogP contribution is 2.32. The summed E-state index contributed by atoms with van der Waals surface area (Å²) in [6, 6.07) is 1.99. The Balaban J connectivity index is 1.68. The standard InChI is InChI=1S/C15H20N2O3S/c1-3-4-12-7-11(8-21-12)13(18)17-6-5-15(10-17)9-16(2)14(19)20-15/h7-8H,3-6,9-10H2,1-2H3. The van der Waals surface area contributed by atoms with Gasteiger partial charge in [0.15, 0.2) is 5.60 Å². The average Bonchev–Trinajstić information content (AvgIpc) is 3.12. The fraction of sp³-hybridized carbons (Fsp3) is 0.600. The Morgan fingerprint density at radius 2 is 2.29 bits per heavy atom. The third-order valence-corrected chi connectivity index (χ3v) is 5.14. The number of carbonyl (C=O) groups is 2. The largest absolute Gasteiger partial charge is 0.439 e. The van der Waals surface area contributed by atoms with Crippen LogP contribution in [0.1, 0.15) is 35.0 Å². The minimum Gasteiger partial charge on any atom is -0.439 e. The number of rotatable bonds is 3. The Hall–Kier alpha value is -1.56. The van der Waals surface area contributed by atoms with Gasteiger partial charge < -0.3 is 14.5 Å². The zero-order valence-corrected chi connectivity index (χ0v) is 13.2. The predicted octanol–water partition coefficient (Wildman–Crippen LogP) is 2.37. The van der Waals surface area contributed by atoms with Crippen LogP contribution < -0.4 is 0 Å². The van der Waals surface area contributed by atoms with Crippen LogP contribution in [0.2, 0.25) is 0 Å². The highest BCUT2D eigenvalue weighted by Gasteiger charge is 2.49. The van der Waals surface area contributed by atoms with Crippen LogP contribution in [-0.4, -0.2) is 54.1 Å². The summed E-state index contributed by atoms with van der Waals surface area (Å²) in [4.78, 5) is 28.7. The van der Waals surface area contributed by atoms with Crippen molar-refractivity contribution in [2.24, 2.45) is 0 Å². The number of likely N-dealkylation sites (N-methyl/N-ethyl adjacent to an activating group) is 1. The first-order valence-electron chi connectivity index (χ1n) is 7.34. The Morgan fingerprint density at radius 1 is 1.48 bits per heavy atom. The van der Waals surface area contributed by atoms with Crippen molar-refractivity contribution in [1.82, 2.24) is 9.80 Å². The van der Waals surface area contributed by atoms with Gasteiger partial charge in [-0.15, -0.1) is 11.3 Å². The molecule has 1 aromatic heterocycles. The maximum absolute atomic E-state index is 12.5. The maximum atomic E-state index is 12.5. The first-order chi connectivity index (χ1) is 10.0. The Labute approximate surface area is 128 Å². The lowest BCUT2D eigenvalue weighted by atomic mass is 10.0. The Bertz CT molecular complexity index is 571. The molecule has 0 bridgehead atoms. The molecule has 2 fully saturated rings. The lowest BCUT2D eigenvalue weighted by Crippen LogP contribution is -2.39. The molecule has 0 aromatic carbocycles. The molecule has 1 unspecified atom stereocenters. The van der Waals surface area contributed by atoms with E-state index in [4.69, 9.17) is 4.74 Å². The van der Waals surface area contributed by atoms with Crippen LogP contribution in [0.15, 0.2) is 11.4 Å². The van der Waals surface area contributed by atoms with Gasteiger partial charge in [0.25, 0.3) is 5.91 Å². The molecule has 2 aliphatic heterocycles. The molecule has 1 aromatic rings. The third kappa shape index (κ3) is 2.64. The summed E-state index contributed by atoms with van der Waals surface area (Å²) in [5, 5.41) is 1.94. The van der Waals surface area contributed by atoms with Gasteiger partial charge in [0, 0.05) is 30.3 Å². The van der Waals surface area contributed by atoms with Crippen LogP contribution in [0.4, 0.5) is 4.79 Å². The summed E-state index contributed by atoms with van der Waals surface area (Å²) >= 11 is 1.64. The molecule has 114 valence electrons. The summed E-state index contributed by atoms with van der Waals surface area (Å²) < 4.78 is 5.48. The van der Waals surface area contributed by atoms with Gasteiger partial charge in [-0.2, -0.15) is 0 Å². The van der Waals surface area contributed by atoms with Gasteiger partial charge >= 0.3 is 6.09 Å². The summed E-state index contributed by atoms with van der Waals surface area (Å²) in [7, 11) is 1.73. The highest BCUT2D eigenvalue weighted by molar-refractivity contribution is 7.10. The SMILES string of the molecule is CCCc1cc(C(=O)N2CCC3(CN(C)C(=O)O3)C2)cs1. The van der Waals surface area contributed by atoms with Gasteiger partial charge in [-0.3, -0.25) is 4.79 Å². The number of likely N-dealkylation sites (tertiary alicyclic amines) is 1. The van der Waals surface area contributed by atoms with Crippen molar-refractivity contribution in [2.75, 3.05) is 26.7 Å². The van der Waals surface area contributed by atoms with E-state index in [1.165, 1.54) is 4.88 Å². The molecule has 5 nitrogen and oxygen atoms in total. The topological polar surface area (TPSA) is 49.9 Å². The van der Waals surface area contributed by atoms with Gasteiger partial charge in [-0.1, -0.05) is 13.3 Å². The molecule has 2 amide bonds. The van der Waals surface area contributed by atoms with E-state index in [0.717, 1.165) is 24.8 Å². The van der Waals surface area contributed by atoms with Gasteiger partial charge in [0.1, 0.15) is 0 Å². The van der Waals surface area contributed by atoms with Gasteiger partial charge in [-0.05, 0) is 12.5 Å². The fourth-order valence-corrected chi connectivity index (χ4v) is 4.04. The normalized spacial score (nSPS) is 25.0. The smallest absolute Gasteiger partial charge is 0.410 e. The molecular weight excluding hydrogens is 288 g/mol. The molecule has 0 saturated carbocycles. The zero-order valence-electron chi connectivity index (χ0n) is 12.4. The van der Waals surface area contributed by atoms with E-state index in [9.17, 15) is 9.59 Å². The molecule has 6 heteroatoms. The number of hydrogen-bond acceptors (Lipinski definition) is 4. The number of thiophene rings is 1. The number of amides is 2. The van der Waals surface area contributed by atoms with E-state index < -0.39 is 5.60 Å². The van der Waals surface area contributed by atoms with Crippen molar-refractivity contribution in [1.29, 1.82) is 0 Å². The van der Waals surface area contributed by atoms with Crippen molar-refractivity contribution in [3.63, 3.8) is 0 Å². The molecule has 2 saturated heterocycles. The highest BCUT2D eigenvalue weighted by atomic mass is 32.1. The number of hydrogen-bond donors (Lipinski definition) is 0. The second-order valence-corrected chi connectivity index (χ2v) is 6.93. The molecular formula is C15H20N2O3S. The number of ether oxygens (including phenoxy) is 1. The fourth-order valence-electron chi connectivity index (χ4n) is 3.08. The first-order valence-corrected chi connectivity index (χ1v) is 8.22. The van der Waals surface area contributed by atoms with Crippen LogP contribution >= 0.6 is 11.3 Å². The van der Waals surface area contributed by atoms with Gasteiger partial charge in [-0.25, -0.2) is 4.79 Å². The second kappa shape index (κ2) is 5.33. The zero-order chi connectivity index (χ0) is 15.0. The molecule has 2 aliphatic rings. The molecule has 0 N–H and O–H groups in total. The number of aryl methyl sites for hydroxylation is 1. The van der Waals surface area contributed by atoms with E-state index >= 15 is 0 Å². The lowest BCUT2D eigenvalue weighted by molar-refractivity contribution is 0.0553. The van der Waals surface area contributed by atoms with Crippen LogP contribution in [0.25, 0.3) is 0 Å². The van der Waals surface area contributed by atoms with Crippen molar-refractivity contribution in [2.45, 2.75) is 31.8 Å². The average molecular weight is 308 g/mol. The minimum atomic E-state index is -0.496. The minimum absolute atomic E-state index is 0.0519. The van der Waals surface area contributed by atoms with Crippen molar-refractivity contribution in [3.8, 4) is 0 Å². The van der Waals surface area contributed by atoms with Crippen LogP contribution in [0.3, 0.4) is 0 Å². The van der Waals surface area contributed by atoms with Crippen molar-refractivity contribution in [3.05, 3.63) is 21.9 Å². The summed E-state index contributed by atoms with van der Waals surface area (Å²) in [6.45, 7) is 3.86. The molecule has 0 aliphatic carbocycles. The molecule has 3 heterocycles. The molecule has 3 rings (SSSR count). The summed E-state index contributed by atoms with van der Waals surface area (Å²) in [6.07, 6.45) is 2.54. The van der Waals surface area contributed by atoms with Crippen molar-refractivity contribution >= 4 is 23.3 Å². The van der Waals surface area contributed by atoms with Crippen molar-refractivity contribution < 1.29 is 14.3 Å². The van der Waals surface area contributed by atoms with E-state index in [0.29, 0.717) is 19.6 Å². The molecule has 1 atom stereocenters. The first kappa shape index (κ1) is 14.4. The van der Waals surface area contributed by atoms with E-state index in [-0.39, 0.29) is 12.0 Å². The Morgan fingerprint density at radius 3 is 2.95 bits per heavy atom. The summed E-state index contributed by atoms with van der Waals surface area (Å²) in [5.74, 6) is 0.0519. The lowest BCUT2D eigenvalue weighted by Gasteiger charge is -2.21. The quantitative estimate of drug-likeness (QED) is 0.861. The van der Waals surface area contributed by atoms with E-state index in [1.807, 2.05) is 16.3 Å². The Kier molecular flexibility index (Phi) is 3.65.